The van der Waals surface area contributed by atoms with E-state index in [2.05, 4.69) is 5.32 Å². The summed E-state index contributed by atoms with van der Waals surface area (Å²) in [6.45, 7) is 1.14. The third-order valence-corrected chi connectivity index (χ3v) is 2.74. The molecule has 0 unspecified atom stereocenters. The van der Waals surface area contributed by atoms with Gasteiger partial charge in [-0.25, -0.2) is 4.79 Å². The van der Waals surface area contributed by atoms with Crippen LogP contribution in [-0.2, 0) is 0 Å². The number of benzene rings is 1. The first kappa shape index (κ1) is 10.6. The number of nitrogens with one attached hydrogen (secondary N) is 1. The third-order valence-electron chi connectivity index (χ3n) is 2.74. The standard InChI is InChI=1S/C11H15N3O2/c12-8-1-3-9(4-2-8)13-10-5-6-14(7-10)11(15)16/h1-4,10,13H,5-7,12H2,(H,15,16)/t10-/m0/s1. The van der Waals surface area contributed by atoms with E-state index in [4.69, 9.17) is 10.8 Å². The summed E-state index contributed by atoms with van der Waals surface area (Å²) in [5.74, 6) is 0. The van der Waals surface area contributed by atoms with Gasteiger partial charge in [-0.2, -0.15) is 0 Å². The molecule has 2 rings (SSSR count). The minimum atomic E-state index is -0.846. The summed E-state index contributed by atoms with van der Waals surface area (Å²) in [7, 11) is 0. The van der Waals surface area contributed by atoms with Gasteiger partial charge in [0.25, 0.3) is 0 Å². The lowest BCUT2D eigenvalue weighted by molar-refractivity contribution is 0.155. The lowest BCUT2D eigenvalue weighted by atomic mass is 10.2. The van der Waals surface area contributed by atoms with E-state index in [9.17, 15) is 4.79 Å². The molecule has 5 nitrogen and oxygen atoms in total. The lowest BCUT2D eigenvalue weighted by Crippen LogP contribution is -2.30. The molecule has 1 aliphatic rings. The zero-order valence-corrected chi connectivity index (χ0v) is 8.89. The Morgan fingerprint density at radius 3 is 2.69 bits per heavy atom. The quantitative estimate of drug-likeness (QED) is 0.660. The number of carboxylic acid groups (broad SMARTS) is 1. The SMILES string of the molecule is Nc1ccc(N[C@H]2CCN(C(=O)O)C2)cc1. The zero-order valence-electron chi connectivity index (χ0n) is 8.89. The van der Waals surface area contributed by atoms with Crippen LogP contribution in [0.15, 0.2) is 24.3 Å². The maximum absolute atomic E-state index is 10.7. The number of hydrogen-bond donors (Lipinski definition) is 3. The third kappa shape index (κ3) is 2.36. The van der Waals surface area contributed by atoms with E-state index < -0.39 is 6.09 Å². The van der Waals surface area contributed by atoms with Crippen LogP contribution >= 0.6 is 0 Å². The van der Waals surface area contributed by atoms with Crippen molar-refractivity contribution in [2.24, 2.45) is 0 Å². The van der Waals surface area contributed by atoms with Crippen molar-refractivity contribution in [2.45, 2.75) is 12.5 Å². The normalized spacial score (nSPS) is 19.8. The van der Waals surface area contributed by atoms with Gasteiger partial charge in [0.05, 0.1) is 0 Å². The fraction of sp³-hybridized carbons (Fsp3) is 0.364. The fourth-order valence-electron chi connectivity index (χ4n) is 1.87. The monoisotopic (exact) mass is 221 g/mol. The molecule has 1 heterocycles. The molecular formula is C11H15N3O2. The van der Waals surface area contributed by atoms with Gasteiger partial charge in [-0.1, -0.05) is 0 Å². The van der Waals surface area contributed by atoms with E-state index in [1.807, 2.05) is 24.3 Å². The van der Waals surface area contributed by atoms with Gasteiger partial charge >= 0.3 is 6.09 Å². The molecule has 0 aliphatic carbocycles. The van der Waals surface area contributed by atoms with Crippen molar-refractivity contribution in [3.05, 3.63) is 24.3 Å². The van der Waals surface area contributed by atoms with Crippen LogP contribution in [0.5, 0.6) is 0 Å². The van der Waals surface area contributed by atoms with Crippen LogP contribution in [-0.4, -0.2) is 35.2 Å². The van der Waals surface area contributed by atoms with Gasteiger partial charge in [-0.05, 0) is 30.7 Å². The largest absolute Gasteiger partial charge is 0.465 e. The van der Waals surface area contributed by atoms with Crippen molar-refractivity contribution in [1.29, 1.82) is 0 Å². The molecule has 1 aromatic rings. The number of hydrogen-bond acceptors (Lipinski definition) is 3. The summed E-state index contributed by atoms with van der Waals surface area (Å²) in [5.41, 5.74) is 7.29. The number of nitrogens with two attached hydrogens (primary N) is 1. The maximum atomic E-state index is 10.7. The molecule has 5 heteroatoms. The van der Waals surface area contributed by atoms with E-state index in [0.29, 0.717) is 13.1 Å². The van der Waals surface area contributed by atoms with Gasteiger partial charge < -0.3 is 21.1 Å². The minimum absolute atomic E-state index is 0.194. The number of likely N-dealkylation sites (tertiary alicyclic amines) is 1. The molecular weight excluding hydrogens is 206 g/mol. The molecule has 1 atom stereocenters. The molecule has 1 saturated heterocycles. The summed E-state index contributed by atoms with van der Waals surface area (Å²) in [6, 6.07) is 7.65. The Balaban J connectivity index is 1.92. The van der Waals surface area contributed by atoms with Gasteiger partial charge in [0, 0.05) is 30.5 Å². The number of rotatable bonds is 2. The maximum Gasteiger partial charge on any atom is 0.407 e. The summed E-state index contributed by atoms with van der Waals surface area (Å²) >= 11 is 0. The lowest BCUT2D eigenvalue weighted by Gasteiger charge is -2.15. The second kappa shape index (κ2) is 4.30. The highest BCUT2D eigenvalue weighted by molar-refractivity contribution is 5.65. The van der Waals surface area contributed by atoms with Crippen LogP contribution in [0.1, 0.15) is 6.42 Å². The van der Waals surface area contributed by atoms with Crippen molar-refractivity contribution in [3.8, 4) is 0 Å². The Bertz CT molecular complexity index is 377. The van der Waals surface area contributed by atoms with Crippen LogP contribution in [0.25, 0.3) is 0 Å². The molecule has 16 heavy (non-hydrogen) atoms. The number of nitrogens with zero attached hydrogens (tertiary/aromatic N) is 1. The molecule has 1 aromatic carbocycles. The highest BCUT2D eigenvalue weighted by Crippen LogP contribution is 2.17. The number of anilines is 2. The molecule has 4 N–H and O–H groups in total. The number of carbonyl (C=O) groups is 1. The summed E-state index contributed by atoms with van der Waals surface area (Å²) in [5, 5.41) is 12.1. The van der Waals surface area contributed by atoms with Gasteiger partial charge in [-0.3, -0.25) is 0 Å². The van der Waals surface area contributed by atoms with Crippen LogP contribution in [0.3, 0.4) is 0 Å². The first-order chi connectivity index (χ1) is 7.65. The van der Waals surface area contributed by atoms with Crippen molar-refractivity contribution < 1.29 is 9.90 Å². The average molecular weight is 221 g/mol. The topological polar surface area (TPSA) is 78.6 Å². The van der Waals surface area contributed by atoms with Crippen LogP contribution in [0.2, 0.25) is 0 Å². The second-order valence-electron chi connectivity index (χ2n) is 3.98. The first-order valence-electron chi connectivity index (χ1n) is 5.25. The molecule has 0 aromatic heterocycles. The molecule has 1 aliphatic heterocycles. The average Bonchev–Trinajstić information content (AvgIpc) is 2.70. The minimum Gasteiger partial charge on any atom is -0.465 e. The molecule has 0 spiro atoms. The number of nitrogen functional groups attached to an aromatic ring is 1. The van der Waals surface area contributed by atoms with Gasteiger partial charge in [0.15, 0.2) is 0 Å². The predicted molar refractivity (Wildman–Crippen MR) is 62.5 cm³/mol. The van der Waals surface area contributed by atoms with Gasteiger partial charge in [0.2, 0.25) is 0 Å². The van der Waals surface area contributed by atoms with E-state index in [-0.39, 0.29) is 6.04 Å². The smallest absolute Gasteiger partial charge is 0.407 e. The van der Waals surface area contributed by atoms with Gasteiger partial charge in [0.1, 0.15) is 0 Å². The Labute approximate surface area is 93.9 Å². The molecule has 1 fully saturated rings. The van der Waals surface area contributed by atoms with E-state index in [0.717, 1.165) is 17.8 Å². The Kier molecular flexibility index (Phi) is 2.85. The van der Waals surface area contributed by atoms with Crippen molar-refractivity contribution >= 4 is 17.5 Å². The Morgan fingerprint density at radius 1 is 1.44 bits per heavy atom. The predicted octanol–water partition coefficient (Wildman–Crippen LogP) is 1.43. The fourth-order valence-corrected chi connectivity index (χ4v) is 1.87. The van der Waals surface area contributed by atoms with E-state index in [1.54, 1.807) is 0 Å². The molecule has 0 saturated carbocycles. The first-order valence-corrected chi connectivity index (χ1v) is 5.25. The van der Waals surface area contributed by atoms with Gasteiger partial charge in [-0.15, -0.1) is 0 Å². The summed E-state index contributed by atoms with van der Waals surface area (Å²) < 4.78 is 0. The summed E-state index contributed by atoms with van der Waals surface area (Å²) in [6.07, 6.45) is -0.00181. The van der Waals surface area contributed by atoms with E-state index in [1.165, 1.54) is 4.90 Å². The van der Waals surface area contributed by atoms with Crippen LogP contribution < -0.4 is 11.1 Å². The molecule has 0 bridgehead atoms. The van der Waals surface area contributed by atoms with Crippen molar-refractivity contribution in [1.82, 2.24) is 4.90 Å². The van der Waals surface area contributed by atoms with Crippen LogP contribution in [0.4, 0.5) is 16.2 Å². The molecule has 1 amide bonds. The Hall–Kier alpha value is -1.91. The highest BCUT2D eigenvalue weighted by Gasteiger charge is 2.25. The Morgan fingerprint density at radius 2 is 2.12 bits per heavy atom. The zero-order chi connectivity index (χ0) is 11.5. The highest BCUT2D eigenvalue weighted by atomic mass is 16.4. The van der Waals surface area contributed by atoms with Crippen molar-refractivity contribution in [3.63, 3.8) is 0 Å². The van der Waals surface area contributed by atoms with E-state index >= 15 is 0 Å². The second-order valence-corrected chi connectivity index (χ2v) is 3.98. The molecule has 86 valence electrons. The van der Waals surface area contributed by atoms with Crippen LogP contribution in [0, 0.1) is 0 Å². The molecule has 0 radical (unpaired) electrons. The number of amides is 1. The summed E-state index contributed by atoms with van der Waals surface area (Å²) in [4.78, 5) is 12.2. The van der Waals surface area contributed by atoms with Crippen molar-refractivity contribution in [2.75, 3.05) is 24.1 Å².